The number of carbonyl (C=O) groups is 1. The lowest BCUT2D eigenvalue weighted by molar-refractivity contribution is -0.225. The average Bonchev–Trinajstić information content (AvgIpc) is 2.64. The number of rotatable bonds is 4. The summed E-state index contributed by atoms with van der Waals surface area (Å²) in [6.45, 7) is 9.43. The molecule has 27 heavy (non-hydrogen) atoms. The molecule has 0 N–H and O–H groups in total. The van der Waals surface area contributed by atoms with Crippen LogP contribution in [0.2, 0.25) is 0 Å². The number of hydrogen-bond acceptors (Lipinski definition) is 2. The Kier molecular flexibility index (Phi) is 4.10. The van der Waals surface area contributed by atoms with Crippen LogP contribution in [0.25, 0.3) is 0 Å². The third-order valence-electron chi connectivity index (χ3n) is 10.6. The lowest BCUT2D eigenvalue weighted by Gasteiger charge is -2.62. The van der Waals surface area contributed by atoms with E-state index in [1.165, 1.54) is 57.8 Å². The second-order valence-electron chi connectivity index (χ2n) is 12.0. The van der Waals surface area contributed by atoms with E-state index in [0.29, 0.717) is 23.2 Å². The standard InChI is InChI=1S/C25H40O2/c1-5-25(19-11-17-10-18(13-19)14-20(25)12-17)27-22(26)21-15-23(4)6-8-24(21,9-7-23)16(2)3/h16-21H,5-15H2,1-4H3. The van der Waals surface area contributed by atoms with E-state index in [-0.39, 0.29) is 22.9 Å². The van der Waals surface area contributed by atoms with Crippen LogP contribution >= 0.6 is 0 Å². The van der Waals surface area contributed by atoms with Gasteiger partial charge in [-0.2, -0.15) is 0 Å². The average molecular weight is 373 g/mol. The van der Waals surface area contributed by atoms with Gasteiger partial charge in [-0.1, -0.05) is 27.7 Å². The van der Waals surface area contributed by atoms with Crippen LogP contribution in [-0.4, -0.2) is 11.6 Å². The predicted octanol–water partition coefficient (Wildman–Crippen LogP) is 6.38. The van der Waals surface area contributed by atoms with E-state index < -0.39 is 0 Å². The number of ether oxygens (including phenoxy) is 1. The molecule has 2 nitrogen and oxygen atoms in total. The van der Waals surface area contributed by atoms with E-state index in [9.17, 15) is 4.79 Å². The normalized spacial score (nSPS) is 53.1. The lowest BCUT2D eigenvalue weighted by atomic mass is 9.46. The van der Waals surface area contributed by atoms with Crippen LogP contribution in [0.4, 0.5) is 0 Å². The van der Waals surface area contributed by atoms with Crippen molar-refractivity contribution < 1.29 is 9.53 Å². The Morgan fingerprint density at radius 3 is 2.00 bits per heavy atom. The van der Waals surface area contributed by atoms with Crippen molar-refractivity contribution in [1.82, 2.24) is 0 Å². The Labute approximate surface area is 166 Å². The highest BCUT2D eigenvalue weighted by Crippen LogP contribution is 2.64. The summed E-state index contributed by atoms with van der Waals surface area (Å²) in [6, 6.07) is 0. The summed E-state index contributed by atoms with van der Waals surface area (Å²) in [4.78, 5) is 13.8. The lowest BCUT2D eigenvalue weighted by Crippen LogP contribution is -2.61. The van der Waals surface area contributed by atoms with Gasteiger partial charge in [-0.15, -0.1) is 0 Å². The zero-order valence-electron chi connectivity index (χ0n) is 18.1. The van der Waals surface area contributed by atoms with Crippen LogP contribution in [0, 0.1) is 46.3 Å². The van der Waals surface area contributed by atoms with Gasteiger partial charge in [0.25, 0.3) is 0 Å². The first-order valence-electron chi connectivity index (χ1n) is 12.0. The third-order valence-corrected chi connectivity index (χ3v) is 10.6. The van der Waals surface area contributed by atoms with E-state index in [1.807, 2.05) is 0 Å². The molecule has 6 bridgehead atoms. The van der Waals surface area contributed by atoms with Crippen LogP contribution in [-0.2, 0) is 9.53 Å². The van der Waals surface area contributed by atoms with Crippen LogP contribution in [0.3, 0.4) is 0 Å². The summed E-state index contributed by atoms with van der Waals surface area (Å²) in [5.41, 5.74) is 0.458. The summed E-state index contributed by atoms with van der Waals surface area (Å²) < 4.78 is 6.74. The molecule has 0 aromatic carbocycles. The molecule has 0 saturated heterocycles. The highest BCUT2D eigenvalue weighted by atomic mass is 16.6. The fourth-order valence-corrected chi connectivity index (χ4v) is 8.92. The van der Waals surface area contributed by atoms with Crippen molar-refractivity contribution in [3.63, 3.8) is 0 Å². The minimum atomic E-state index is -0.125. The number of carbonyl (C=O) groups excluding carboxylic acids is 1. The SMILES string of the molecule is CCC1(OC(=O)C2CC3(C)CCC2(C(C)C)CC3)C2CC3CC(C2)CC1C3. The first-order valence-corrected chi connectivity index (χ1v) is 12.0. The maximum Gasteiger partial charge on any atom is 0.310 e. The van der Waals surface area contributed by atoms with Crippen molar-refractivity contribution in [3.8, 4) is 0 Å². The topological polar surface area (TPSA) is 26.3 Å². The Balaban J connectivity index is 1.42. The van der Waals surface area contributed by atoms with Gasteiger partial charge >= 0.3 is 5.97 Å². The molecule has 0 amide bonds. The zero-order valence-corrected chi connectivity index (χ0v) is 18.1. The third kappa shape index (κ3) is 2.53. The number of hydrogen-bond donors (Lipinski definition) is 0. The van der Waals surface area contributed by atoms with Crippen molar-refractivity contribution >= 4 is 5.97 Å². The van der Waals surface area contributed by atoms with Crippen LogP contribution < -0.4 is 0 Å². The summed E-state index contributed by atoms with van der Waals surface area (Å²) >= 11 is 0. The van der Waals surface area contributed by atoms with Crippen molar-refractivity contribution in [3.05, 3.63) is 0 Å². The quantitative estimate of drug-likeness (QED) is 0.535. The van der Waals surface area contributed by atoms with E-state index in [0.717, 1.165) is 24.7 Å². The van der Waals surface area contributed by atoms with E-state index in [1.54, 1.807) is 0 Å². The molecule has 152 valence electrons. The first-order chi connectivity index (χ1) is 12.8. The molecule has 7 saturated carbocycles. The Bertz CT molecular complexity index is 582. The van der Waals surface area contributed by atoms with E-state index in [2.05, 4.69) is 27.7 Å². The summed E-state index contributed by atoms with van der Waals surface area (Å²) in [5.74, 6) is 4.07. The maximum atomic E-state index is 13.8. The molecule has 0 heterocycles. The second-order valence-corrected chi connectivity index (χ2v) is 12.0. The molecule has 1 unspecified atom stereocenters. The molecule has 7 aliphatic carbocycles. The molecule has 2 heteroatoms. The van der Waals surface area contributed by atoms with Gasteiger partial charge in [-0.3, -0.25) is 4.79 Å². The molecule has 0 aliphatic heterocycles. The fraction of sp³-hybridized carbons (Fsp3) is 0.960. The molecule has 7 rings (SSSR count). The van der Waals surface area contributed by atoms with Gasteiger partial charge in [-0.25, -0.2) is 0 Å². The number of esters is 1. The van der Waals surface area contributed by atoms with Crippen LogP contribution in [0.1, 0.15) is 98.3 Å². The van der Waals surface area contributed by atoms with Gasteiger partial charge in [0, 0.05) is 0 Å². The highest BCUT2D eigenvalue weighted by molar-refractivity contribution is 5.75. The molecule has 0 spiro atoms. The molecular formula is C25H40O2. The molecule has 1 atom stereocenters. The molecule has 0 aromatic rings. The fourth-order valence-electron chi connectivity index (χ4n) is 8.92. The Hall–Kier alpha value is -0.530. The zero-order chi connectivity index (χ0) is 19.0. The number of fused-ring (bicyclic) bond motifs is 3. The predicted molar refractivity (Wildman–Crippen MR) is 108 cm³/mol. The Morgan fingerprint density at radius 1 is 0.963 bits per heavy atom. The van der Waals surface area contributed by atoms with E-state index >= 15 is 0 Å². The van der Waals surface area contributed by atoms with E-state index in [4.69, 9.17) is 4.74 Å². The van der Waals surface area contributed by atoms with Crippen molar-refractivity contribution in [2.24, 2.45) is 46.3 Å². The minimum absolute atomic E-state index is 0.125. The molecular weight excluding hydrogens is 332 g/mol. The van der Waals surface area contributed by atoms with Gasteiger partial charge in [0.2, 0.25) is 0 Å². The second kappa shape index (κ2) is 5.99. The largest absolute Gasteiger partial charge is 0.458 e. The van der Waals surface area contributed by atoms with Crippen molar-refractivity contribution in [2.45, 2.75) is 104 Å². The van der Waals surface area contributed by atoms with Gasteiger partial charge in [-0.05, 0) is 111 Å². The Morgan fingerprint density at radius 2 is 1.52 bits per heavy atom. The smallest absolute Gasteiger partial charge is 0.310 e. The van der Waals surface area contributed by atoms with Gasteiger partial charge < -0.3 is 4.74 Å². The van der Waals surface area contributed by atoms with Crippen LogP contribution in [0.5, 0.6) is 0 Å². The minimum Gasteiger partial charge on any atom is -0.458 e. The molecule has 0 radical (unpaired) electrons. The summed E-state index contributed by atoms with van der Waals surface area (Å²) in [5, 5.41) is 0. The van der Waals surface area contributed by atoms with Gasteiger partial charge in [0.1, 0.15) is 5.60 Å². The maximum absolute atomic E-state index is 13.8. The highest BCUT2D eigenvalue weighted by Gasteiger charge is 2.61. The monoisotopic (exact) mass is 372 g/mol. The van der Waals surface area contributed by atoms with Gasteiger partial charge in [0.05, 0.1) is 5.92 Å². The van der Waals surface area contributed by atoms with Gasteiger partial charge in [0.15, 0.2) is 0 Å². The molecule has 7 aliphatic rings. The summed E-state index contributed by atoms with van der Waals surface area (Å²) in [6.07, 6.45) is 13.9. The van der Waals surface area contributed by atoms with Crippen LogP contribution in [0.15, 0.2) is 0 Å². The molecule has 0 aromatic heterocycles. The van der Waals surface area contributed by atoms with Crippen molar-refractivity contribution in [1.29, 1.82) is 0 Å². The van der Waals surface area contributed by atoms with Crippen molar-refractivity contribution in [2.75, 3.05) is 0 Å². The molecule has 7 fully saturated rings. The summed E-state index contributed by atoms with van der Waals surface area (Å²) in [7, 11) is 0. The first kappa shape index (κ1) is 18.5.